The molecule has 0 spiro atoms. The molecule has 1 amide bonds. The molecule has 0 atom stereocenters. The van der Waals surface area contributed by atoms with Crippen molar-refractivity contribution in [2.24, 2.45) is 0 Å². The Morgan fingerprint density at radius 2 is 2.27 bits per heavy atom. The van der Waals surface area contributed by atoms with Gasteiger partial charge in [0.2, 0.25) is 5.91 Å². The summed E-state index contributed by atoms with van der Waals surface area (Å²) in [7, 11) is 0. The molecule has 2 rings (SSSR count). The number of nitrogens with one attached hydrogen (secondary N) is 1. The van der Waals surface area contributed by atoms with Crippen molar-refractivity contribution in [2.75, 3.05) is 12.3 Å². The molecule has 0 radical (unpaired) electrons. The van der Waals surface area contributed by atoms with Crippen molar-refractivity contribution in [3.63, 3.8) is 0 Å². The van der Waals surface area contributed by atoms with Crippen LogP contribution in [0.2, 0.25) is 0 Å². The van der Waals surface area contributed by atoms with Crippen LogP contribution in [0, 0.1) is 0 Å². The molecule has 0 bridgehead atoms. The molecule has 0 unspecified atom stereocenters. The number of aromatic nitrogens is 2. The minimum absolute atomic E-state index is 0.0513. The van der Waals surface area contributed by atoms with Crippen LogP contribution < -0.4 is 10.9 Å². The second-order valence-electron chi connectivity index (χ2n) is 5.04. The van der Waals surface area contributed by atoms with Crippen LogP contribution in [0.3, 0.4) is 0 Å². The van der Waals surface area contributed by atoms with E-state index < -0.39 is 0 Å². The van der Waals surface area contributed by atoms with Gasteiger partial charge in [-0.3, -0.25) is 14.0 Å². The molecule has 22 heavy (non-hydrogen) atoms. The zero-order valence-corrected chi connectivity index (χ0v) is 14.3. The summed E-state index contributed by atoms with van der Waals surface area (Å²) in [6.45, 7) is 2.92. The summed E-state index contributed by atoms with van der Waals surface area (Å²) >= 11 is 2.92. The fourth-order valence-corrected chi connectivity index (χ4v) is 3.53. The van der Waals surface area contributed by atoms with Crippen molar-refractivity contribution in [3.05, 3.63) is 33.7 Å². The zero-order valence-electron chi connectivity index (χ0n) is 12.7. The Kier molecular flexibility index (Phi) is 6.92. The molecule has 0 saturated heterocycles. The Morgan fingerprint density at radius 1 is 1.41 bits per heavy atom. The van der Waals surface area contributed by atoms with Gasteiger partial charge < -0.3 is 5.32 Å². The lowest BCUT2D eigenvalue weighted by Crippen LogP contribution is -2.26. The molecule has 7 heteroatoms. The lowest BCUT2D eigenvalue weighted by atomic mass is 10.2. The van der Waals surface area contributed by atoms with E-state index in [1.807, 2.05) is 5.38 Å². The number of unbranched alkanes of at least 4 members (excludes halogenated alkanes) is 3. The van der Waals surface area contributed by atoms with E-state index in [0.717, 1.165) is 18.7 Å². The van der Waals surface area contributed by atoms with Crippen LogP contribution in [0.4, 0.5) is 0 Å². The molecule has 1 N–H and O–H groups in total. The van der Waals surface area contributed by atoms with Crippen molar-refractivity contribution >= 4 is 34.0 Å². The molecule has 0 aliphatic rings. The van der Waals surface area contributed by atoms with Gasteiger partial charge in [0.25, 0.3) is 5.56 Å². The zero-order chi connectivity index (χ0) is 15.8. The molecule has 0 aromatic carbocycles. The maximum absolute atomic E-state index is 11.8. The van der Waals surface area contributed by atoms with E-state index in [2.05, 4.69) is 17.2 Å². The predicted molar refractivity (Wildman–Crippen MR) is 92.7 cm³/mol. The molecule has 2 aromatic rings. The maximum atomic E-state index is 11.8. The fraction of sp³-hybridized carbons (Fsp3) is 0.533. The molecular weight excluding hydrogens is 318 g/mol. The third kappa shape index (κ3) is 5.14. The van der Waals surface area contributed by atoms with E-state index in [0.29, 0.717) is 16.5 Å². The largest absolute Gasteiger partial charge is 0.355 e. The van der Waals surface area contributed by atoms with Crippen molar-refractivity contribution in [3.8, 4) is 0 Å². The van der Waals surface area contributed by atoms with Gasteiger partial charge in [0.05, 0.1) is 11.4 Å². The van der Waals surface area contributed by atoms with Gasteiger partial charge in [0, 0.05) is 29.9 Å². The van der Waals surface area contributed by atoms with Crippen LogP contribution in [0.5, 0.6) is 0 Å². The molecule has 0 saturated carbocycles. The van der Waals surface area contributed by atoms with Gasteiger partial charge in [-0.1, -0.05) is 26.2 Å². The average Bonchev–Trinajstić information content (AvgIpc) is 2.96. The number of hydrogen-bond donors (Lipinski definition) is 1. The number of nitrogens with zero attached hydrogens (tertiary/aromatic N) is 2. The fourth-order valence-electron chi connectivity index (χ4n) is 2.04. The number of thiazole rings is 1. The Labute approximate surface area is 138 Å². The van der Waals surface area contributed by atoms with Gasteiger partial charge in [-0.05, 0) is 6.42 Å². The van der Waals surface area contributed by atoms with Gasteiger partial charge >= 0.3 is 0 Å². The first-order valence-electron chi connectivity index (χ1n) is 7.51. The third-order valence-corrected chi connectivity index (χ3v) is 4.91. The number of rotatable bonds is 9. The van der Waals surface area contributed by atoms with Crippen LogP contribution in [0.15, 0.2) is 22.4 Å². The molecule has 5 nitrogen and oxygen atoms in total. The number of thioether (sulfide) groups is 1. The van der Waals surface area contributed by atoms with Crippen molar-refractivity contribution < 1.29 is 4.79 Å². The van der Waals surface area contributed by atoms with Crippen LogP contribution >= 0.6 is 23.1 Å². The first-order chi connectivity index (χ1) is 10.7. The maximum Gasteiger partial charge on any atom is 0.258 e. The Morgan fingerprint density at radius 3 is 3.09 bits per heavy atom. The SMILES string of the molecule is CCCCCCNC(=O)CSCc1cc(=O)n2ccsc2n1. The summed E-state index contributed by atoms with van der Waals surface area (Å²) < 4.78 is 1.53. The smallest absolute Gasteiger partial charge is 0.258 e. The molecule has 120 valence electrons. The highest BCUT2D eigenvalue weighted by Gasteiger charge is 2.05. The van der Waals surface area contributed by atoms with Crippen LogP contribution in [0.25, 0.3) is 4.96 Å². The van der Waals surface area contributed by atoms with E-state index in [1.165, 1.54) is 52.8 Å². The number of carbonyl (C=O) groups excluding carboxylic acids is 1. The van der Waals surface area contributed by atoms with Gasteiger partial charge in [-0.25, -0.2) is 4.98 Å². The number of hydrogen-bond acceptors (Lipinski definition) is 5. The molecule has 2 heterocycles. The predicted octanol–water partition coefficient (Wildman–Crippen LogP) is 2.69. The number of amides is 1. The van der Waals surface area contributed by atoms with Crippen LogP contribution in [-0.4, -0.2) is 27.6 Å². The van der Waals surface area contributed by atoms with E-state index >= 15 is 0 Å². The van der Waals surface area contributed by atoms with E-state index in [-0.39, 0.29) is 11.5 Å². The summed E-state index contributed by atoms with van der Waals surface area (Å²) in [5, 5.41) is 4.76. The molecule has 0 aliphatic carbocycles. The summed E-state index contributed by atoms with van der Waals surface area (Å²) in [6, 6.07) is 1.54. The summed E-state index contributed by atoms with van der Waals surface area (Å²) in [5.74, 6) is 1.03. The third-order valence-electron chi connectivity index (χ3n) is 3.19. The number of fused-ring (bicyclic) bond motifs is 1. The normalized spacial score (nSPS) is 11.0. The topological polar surface area (TPSA) is 63.5 Å². The standard InChI is InChI=1S/C15H21N3O2S2/c1-2-3-4-5-6-16-13(19)11-21-10-12-9-14(20)18-7-8-22-15(18)17-12/h7-9H,2-6,10-11H2,1H3,(H,16,19). The van der Waals surface area contributed by atoms with E-state index in [1.54, 1.807) is 6.20 Å². The van der Waals surface area contributed by atoms with E-state index in [4.69, 9.17) is 0 Å². The minimum atomic E-state index is -0.0674. The molecular formula is C15H21N3O2S2. The van der Waals surface area contributed by atoms with Crippen molar-refractivity contribution in [2.45, 2.75) is 38.4 Å². The molecule has 2 aromatic heterocycles. The summed E-state index contributed by atoms with van der Waals surface area (Å²) in [6.07, 6.45) is 6.34. The van der Waals surface area contributed by atoms with E-state index in [9.17, 15) is 9.59 Å². The Bertz CT molecular complexity index is 666. The van der Waals surface area contributed by atoms with Gasteiger partial charge in [-0.2, -0.15) is 0 Å². The van der Waals surface area contributed by atoms with Crippen molar-refractivity contribution in [1.29, 1.82) is 0 Å². The van der Waals surface area contributed by atoms with Gasteiger partial charge in [-0.15, -0.1) is 23.1 Å². The molecule has 0 aliphatic heterocycles. The van der Waals surface area contributed by atoms with Crippen molar-refractivity contribution in [1.82, 2.24) is 14.7 Å². The first kappa shape index (κ1) is 17.0. The Hall–Kier alpha value is -1.34. The van der Waals surface area contributed by atoms with Gasteiger partial charge in [0.1, 0.15) is 0 Å². The average molecular weight is 339 g/mol. The van der Waals surface area contributed by atoms with Gasteiger partial charge in [0.15, 0.2) is 4.96 Å². The highest BCUT2D eigenvalue weighted by atomic mass is 32.2. The minimum Gasteiger partial charge on any atom is -0.355 e. The highest BCUT2D eigenvalue weighted by molar-refractivity contribution is 7.99. The lowest BCUT2D eigenvalue weighted by molar-refractivity contribution is -0.118. The van der Waals surface area contributed by atoms with Crippen LogP contribution in [0.1, 0.15) is 38.3 Å². The monoisotopic (exact) mass is 339 g/mol. The second-order valence-corrected chi connectivity index (χ2v) is 6.90. The van der Waals surface area contributed by atoms with Crippen LogP contribution in [-0.2, 0) is 10.5 Å². The quantitative estimate of drug-likeness (QED) is 0.714. The summed E-state index contributed by atoms with van der Waals surface area (Å²) in [4.78, 5) is 28.6. The molecule has 0 fully saturated rings. The summed E-state index contributed by atoms with van der Waals surface area (Å²) in [5.41, 5.74) is 0.662. The number of carbonyl (C=O) groups is 1. The lowest BCUT2D eigenvalue weighted by Gasteiger charge is -2.05. The Balaban J connectivity index is 1.71. The first-order valence-corrected chi connectivity index (χ1v) is 9.54. The second kappa shape index (κ2) is 8.95. The highest BCUT2D eigenvalue weighted by Crippen LogP contribution is 2.12.